The molecule has 0 aliphatic carbocycles. The van der Waals surface area contributed by atoms with Gasteiger partial charge < -0.3 is 18.8 Å². The highest BCUT2D eigenvalue weighted by atomic mass is 16.7. The number of hydrogen-bond donors (Lipinski definition) is 0. The lowest BCUT2D eigenvalue weighted by atomic mass is 9.78. The van der Waals surface area contributed by atoms with Gasteiger partial charge in [-0.2, -0.15) is 0 Å². The molecule has 0 saturated carbocycles. The molecule has 0 spiro atoms. The van der Waals surface area contributed by atoms with E-state index in [4.69, 9.17) is 18.8 Å². The van der Waals surface area contributed by atoms with Gasteiger partial charge in [0.05, 0.1) is 17.8 Å². The molecule has 26 heavy (non-hydrogen) atoms. The van der Waals surface area contributed by atoms with Crippen LogP contribution in [-0.4, -0.2) is 31.2 Å². The van der Waals surface area contributed by atoms with Crippen molar-refractivity contribution in [2.75, 3.05) is 6.61 Å². The first-order valence-corrected chi connectivity index (χ1v) is 9.52. The van der Waals surface area contributed by atoms with Crippen LogP contribution in [0.1, 0.15) is 47.0 Å². The van der Waals surface area contributed by atoms with Crippen molar-refractivity contribution in [1.29, 1.82) is 0 Å². The second-order valence-electron chi connectivity index (χ2n) is 8.27. The maximum atomic E-state index is 6.16. The van der Waals surface area contributed by atoms with E-state index in [9.17, 15) is 0 Å². The zero-order valence-electron chi connectivity index (χ0n) is 16.1. The molecule has 5 heteroatoms. The third kappa shape index (κ3) is 3.36. The Labute approximate surface area is 155 Å². The van der Waals surface area contributed by atoms with Crippen LogP contribution in [0, 0.1) is 0 Å². The summed E-state index contributed by atoms with van der Waals surface area (Å²) in [4.78, 5) is 0. The second-order valence-corrected chi connectivity index (χ2v) is 8.27. The van der Waals surface area contributed by atoms with Gasteiger partial charge in [-0.15, -0.1) is 0 Å². The summed E-state index contributed by atoms with van der Waals surface area (Å²) < 4.78 is 24.0. The Bertz CT molecular complexity index is 780. The van der Waals surface area contributed by atoms with Crippen molar-refractivity contribution in [3.8, 4) is 5.75 Å². The summed E-state index contributed by atoms with van der Waals surface area (Å²) in [6.07, 6.45) is 3.12. The molecule has 4 nitrogen and oxygen atoms in total. The highest BCUT2D eigenvalue weighted by Gasteiger charge is 2.51. The quantitative estimate of drug-likeness (QED) is 0.780. The monoisotopic (exact) mass is 354 g/mol. The fraction of sp³-hybridized carbons (Fsp3) is 0.524. The Morgan fingerprint density at radius 1 is 0.923 bits per heavy atom. The number of hydrogen-bond acceptors (Lipinski definition) is 4. The number of rotatable bonds is 3. The molecule has 0 radical (unpaired) electrons. The molecule has 2 aromatic rings. The summed E-state index contributed by atoms with van der Waals surface area (Å²) in [5.74, 6) is 0.854. The lowest BCUT2D eigenvalue weighted by molar-refractivity contribution is -0.105. The van der Waals surface area contributed by atoms with Gasteiger partial charge >= 0.3 is 7.12 Å². The molecule has 0 amide bonds. The minimum absolute atomic E-state index is 0.120. The van der Waals surface area contributed by atoms with Gasteiger partial charge in [-0.1, -0.05) is 24.3 Å². The fourth-order valence-electron chi connectivity index (χ4n) is 3.40. The molecule has 2 saturated heterocycles. The van der Waals surface area contributed by atoms with E-state index in [-0.39, 0.29) is 24.6 Å². The molecule has 2 aliphatic rings. The Kier molecular flexibility index (Phi) is 4.50. The van der Waals surface area contributed by atoms with E-state index < -0.39 is 0 Å². The first kappa shape index (κ1) is 17.8. The van der Waals surface area contributed by atoms with Crippen molar-refractivity contribution in [3.63, 3.8) is 0 Å². The van der Waals surface area contributed by atoms with E-state index in [1.165, 1.54) is 0 Å². The van der Waals surface area contributed by atoms with Crippen LogP contribution >= 0.6 is 0 Å². The van der Waals surface area contributed by atoms with Gasteiger partial charge in [-0.25, -0.2) is 0 Å². The summed E-state index contributed by atoms with van der Waals surface area (Å²) in [5, 5.41) is 2.28. The zero-order valence-corrected chi connectivity index (χ0v) is 16.1. The van der Waals surface area contributed by atoms with Crippen LogP contribution in [0.15, 0.2) is 36.4 Å². The average molecular weight is 354 g/mol. The van der Waals surface area contributed by atoms with E-state index in [0.717, 1.165) is 47.9 Å². The van der Waals surface area contributed by atoms with Crippen molar-refractivity contribution >= 4 is 23.4 Å². The van der Waals surface area contributed by atoms with Gasteiger partial charge in [0.15, 0.2) is 6.29 Å². The van der Waals surface area contributed by atoms with E-state index in [1.807, 2.05) is 6.07 Å². The predicted molar refractivity (Wildman–Crippen MR) is 104 cm³/mol. The summed E-state index contributed by atoms with van der Waals surface area (Å²) >= 11 is 0. The Morgan fingerprint density at radius 3 is 2.31 bits per heavy atom. The van der Waals surface area contributed by atoms with Crippen LogP contribution in [0.2, 0.25) is 0 Å². The number of ether oxygens (including phenoxy) is 2. The van der Waals surface area contributed by atoms with Crippen LogP contribution in [0.4, 0.5) is 0 Å². The molecule has 2 aliphatic heterocycles. The normalized spacial score (nSPS) is 24.8. The second kappa shape index (κ2) is 6.56. The molecule has 1 atom stereocenters. The van der Waals surface area contributed by atoms with Gasteiger partial charge in [-0.3, -0.25) is 0 Å². The van der Waals surface area contributed by atoms with Gasteiger partial charge in [0, 0.05) is 6.42 Å². The molecule has 2 aromatic carbocycles. The van der Waals surface area contributed by atoms with E-state index >= 15 is 0 Å². The van der Waals surface area contributed by atoms with Gasteiger partial charge in [0.25, 0.3) is 0 Å². The van der Waals surface area contributed by atoms with Crippen LogP contribution in [0.25, 0.3) is 10.8 Å². The maximum Gasteiger partial charge on any atom is 0.494 e. The molecule has 0 aromatic heterocycles. The smallest absolute Gasteiger partial charge is 0.465 e. The SMILES string of the molecule is CC1(C)OB(c2ccc3cc(OC4CCCCO4)ccc3c2)OC1(C)C. The minimum Gasteiger partial charge on any atom is -0.465 e. The van der Waals surface area contributed by atoms with E-state index in [0.29, 0.717) is 0 Å². The molecular formula is C21H27BO4. The first-order valence-electron chi connectivity index (χ1n) is 9.52. The van der Waals surface area contributed by atoms with Crippen LogP contribution in [0.3, 0.4) is 0 Å². The van der Waals surface area contributed by atoms with Crippen molar-refractivity contribution in [2.24, 2.45) is 0 Å². The lowest BCUT2D eigenvalue weighted by Crippen LogP contribution is -2.41. The van der Waals surface area contributed by atoms with Crippen molar-refractivity contribution in [3.05, 3.63) is 36.4 Å². The Balaban J connectivity index is 1.54. The third-order valence-electron chi connectivity index (χ3n) is 5.77. The number of fused-ring (bicyclic) bond motifs is 1. The van der Waals surface area contributed by atoms with Gasteiger partial charge in [-0.05, 0) is 68.9 Å². The zero-order chi connectivity index (χ0) is 18.4. The molecular weight excluding hydrogens is 327 g/mol. The molecule has 0 bridgehead atoms. The highest BCUT2D eigenvalue weighted by molar-refractivity contribution is 6.62. The van der Waals surface area contributed by atoms with Crippen LogP contribution < -0.4 is 10.2 Å². The molecule has 2 heterocycles. The fourth-order valence-corrected chi connectivity index (χ4v) is 3.40. The van der Waals surface area contributed by atoms with Crippen molar-refractivity contribution in [1.82, 2.24) is 0 Å². The molecule has 1 unspecified atom stereocenters. The predicted octanol–water partition coefficient (Wildman–Crippen LogP) is 4.04. The largest absolute Gasteiger partial charge is 0.494 e. The van der Waals surface area contributed by atoms with Crippen LogP contribution in [0.5, 0.6) is 5.75 Å². The molecule has 138 valence electrons. The topological polar surface area (TPSA) is 36.9 Å². The highest BCUT2D eigenvalue weighted by Crippen LogP contribution is 2.36. The first-order chi connectivity index (χ1) is 12.3. The van der Waals surface area contributed by atoms with E-state index in [1.54, 1.807) is 0 Å². The van der Waals surface area contributed by atoms with Gasteiger partial charge in [0.1, 0.15) is 5.75 Å². The van der Waals surface area contributed by atoms with Crippen molar-refractivity contribution in [2.45, 2.75) is 64.4 Å². The summed E-state index contributed by atoms with van der Waals surface area (Å²) in [6, 6.07) is 12.5. The maximum absolute atomic E-state index is 6.16. The van der Waals surface area contributed by atoms with Crippen molar-refractivity contribution < 1.29 is 18.8 Å². The summed E-state index contributed by atoms with van der Waals surface area (Å²) in [5.41, 5.74) is 0.384. The molecule has 2 fully saturated rings. The Hall–Kier alpha value is -1.56. The van der Waals surface area contributed by atoms with Gasteiger partial charge in [0.2, 0.25) is 0 Å². The average Bonchev–Trinajstić information content (AvgIpc) is 2.83. The number of benzene rings is 2. The Morgan fingerprint density at radius 2 is 1.62 bits per heavy atom. The van der Waals surface area contributed by atoms with E-state index in [2.05, 4.69) is 58.0 Å². The standard InChI is InChI=1S/C21H27BO4/c1-20(2)21(3,4)26-22(25-20)17-10-8-16-14-18(11-9-15(16)13-17)24-19-7-5-6-12-23-19/h8-11,13-14,19H,5-7,12H2,1-4H3. The third-order valence-corrected chi connectivity index (χ3v) is 5.77. The van der Waals surface area contributed by atoms with Crippen LogP contribution in [-0.2, 0) is 14.0 Å². The minimum atomic E-state index is -0.337. The summed E-state index contributed by atoms with van der Waals surface area (Å²) in [6.45, 7) is 9.08. The summed E-state index contributed by atoms with van der Waals surface area (Å²) in [7, 11) is -0.337. The lowest BCUT2D eigenvalue weighted by Gasteiger charge is -2.32. The molecule has 0 N–H and O–H groups in total. The molecule has 4 rings (SSSR count).